The predicted octanol–water partition coefficient (Wildman–Crippen LogP) is 2.08. The van der Waals surface area contributed by atoms with Crippen LogP contribution in [-0.2, 0) is 17.9 Å². The summed E-state index contributed by atoms with van der Waals surface area (Å²) >= 11 is 0. The fraction of sp³-hybridized carbons (Fsp3) is 0.462. The summed E-state index contributed by atoms with van der Waals surface area (Å²) in [6.45, 7) is 4.10. The van der Waals surface area contributed by atoms with Crippen LogP contribution in [0.25, 0.3) is 0 Å². The van der Waals surface area contributed by atoms with Gasteiger partial charge < -0.3 is 10.1 Å². The Kier molecular flexibility index (Phi) is 5.55. The number of hydrogen-bond acceptors (Lipinski definition) is 3. The molecule has 0 bridgehead atoms. The first-order valence-electron chi connectivity index (χ1n) is 5.43. The van der Waals surface area contributed by atoms with Crippen molar-refractivity contribution in [3.8, 4) is 6.07 Å². The van der Waals surface area contributed by atoms with Crippen molar-refractivity contribution in [3.05, 3.63) is 35.4 Å². The van der Waals surface area contributed by atoms with Gasteiger partial charge in [-0.3, -0.25) is 0 Å². The molecule has 1 rings (SSSR count). The summed E-state index contributed by atoms with van der Waals surface area (Å²) in [6.07, 6.45) is 0. The molecule has 86 valence electrons. The van der Waals surface area contributed by atoms with E-state index in [1.54, 1.807) is 7.11 Å². The van der Waals surface area contributed by atoms with Crippen molar-refractivity contribution in [2.75, 3.05) is 13.7 Å². The molecule has 0 fully saturated rings. The fourth-order valence-corrected chi connectivity index (χ4v) is 1.40. The van der Waals surface area contributed by atoms with E-state index in [4.69, 9.17) is 10.00 Å². The molecule has 0 radical (unpaired) electrons. The van der Waals surface area contributed by atoms with Crippen molar-refractivity contribution in [2.24, 2.45) is 5.92 Å². The first kappa shape index (κ1) is 12.7. The van der Waals surface area contributed by atoms with Crippen molar-refractivity contribution < 1.29 is 4.74 Å². The van der Waals surface area contributed by atoms with E-state index in [2.05, 4.69) is 35.7 Å². The summed E-state index contributed by atoms with van der Waals surface area (Å²) in [5, 5.41) is 11.9. The van der Waals surface area contributed by atoms with Gasteiger partial charge in [0.2, 0.25) is 0 Å². The molecule has 1 aromatic carbocycles. The molecule has 1 unspecified atom stereocenters. The molecule has 0 aliphatic heterocycles. The highest BCUT2D eigenvalue weighted by atomic mass is 16.5. The number of nitriles is 1. The van der Waals surface area contributed by atoms with Crippen LogP contribution >= 0.6 is 0 Å². The monoisotopic (exact) mass is 218 g/mol. The van der Waals surface area contributed by atoms with Gasteiger partial charge in [0.15, 0.2) is 0 Å². The minimum absolute atomic E-state index is 0.0627. The molecule has 0 heterocycles. The Bertz CT molecular complexity index is 340. The first-order chi connectivity index (χ1) is 7.76. The van der Waals surface area contributed by atoms with Gasteiger partial charge >= 0.3 is 0 Å². The normalized spacial score (nSPS) is 12.1. The molecular formula is C13H18N2O. The summed E-state index contributed by atoms with van der Waals surface area (Å²) in [6, 6.07) is 10.5. The summed E-state index contributed by atoms with van der Waals surface area (Å²) in [5.41, 5.74) is 2.40. The Balaban J connectivity index is 2.35. The second-order valence-electron chi connectivity index (χ2n) is 3.91. The Hall–Kier alpha value is -1.37. The molecule has 0 amide bonds. The zero-order valence-electron chi connectivity index (χ0n) is 9.86. The highest BCUT2D eigenvalue weighted by Gasteiger charge is 1.98. The topological polar surface area (TPSA) is 45.0 Å². The molecule has 0 aromatic heterocycles. The molecule has 0 aliphatic rings. The SMILES string of the molecule is COCc1ccc(CNCC(C)C#N)cc1. The highest BCUT2D eigenvalue weighted by Crippen LogP contribution is 2.05. The lowest BCUT2D eigenvalue weighted by Crippen LogP contribution is -2.19. The number of nitrogens with zero attached hydrogens (tertiary/aromatic N) is 1. The second kappa shape index (κ2) is 7.00. The summed E-state index contributed by atoms with van der Waals surface area (Å²) < 4.78 is 5.04. The smallest absolute Gasteiger partial charge is 0.0713 e. The van der Waals surface area contributed by atoms with E-state index in [9.17, 15) is 0 Å². The van der Waals surface area contributed by atoms with Gasteiger partial charge in [0.05, 0.1) is 18.6 Å². The number of ether oxygens (including phenoxy) is 1. The van der Waals surface area contributed by atoms with Gasteiger partial charge in [0.1, 0.15) is 0 Å². The van der Waals surface area contributed by atoms with Gasteiger partial charge in [0.25, 0.3) is 0 Å². The van der Waals surface area contributed by atoms with Crippen LogP contribution in [0.4, 0.5) is 0 Å². The van der Waals surface area contributed by atoms with Crippen LogP contribution in [0, 0.1) is 17.2 Å². The maximum atomic E-state index is 8.62. The minimum Gasteiger partial charge on any atom is -0.380 e. The van der Waals surface area contributed by atoms with E-state index in [0.29, 0.717) is 6.61 Å². The summed E-state index contributed by atoms with van der Waals surface area (Å²) in [7, 11) is 1.69. The quantitative estimate of drug-likeness (QED) is 0.795. The van der Waals surface area contributed by atoms with Crippen molar-refractivity contribution in [1.29, 1.82) is 5.26 Å². The van der Waals surface area contributed by atoms with Crippen LogP contribution in [0.2, 0.25) is 0 Å². The minimum atomic E-state index is 0.0627. The molecule has 1 aromatic rings. The molecule has 0 aliphatic carbocycles. The maximum Gasteiger partial charge on any atom is 0.0713 e. The Labute approximate surface area is 97.0 Å². The highest BCUT2D eigenvalue weighted by molar-refractivity contribution is 5.21. The van der Waals surface area contributed by atoms with Crippen LogP contribution in [0.3, 0.4) is 0 Å². The Morgan fingerprint density at radius 2 is 1.94 bits per heavy atom. The summed E-state index contributed by atoms with van der Waals surface area (Å²) in [4.78, 5) is 0. The zero-order chi connectivity index (χ0) is 11.8. The van der Waals surface area contributed by atoms with E-state index in [-0.39, 0.29) is 5.92 Å². The molecule has 1 atom stereocenters. The lowest BCUT2D eigenvalue weighted by atomic mass is 10.1. The lowest BCUT2D eigenvalue weighted by Gasteiger charge is -2.06. The largest absolute Gasteiger partial charge is 0.380 e. The molecule has 0 saturated heterocycles. The third kappa shape index (κ3) is 4.43. The molecule has 1 N–H and O–H groups in total. The first-order valence-corrected chi connectivity index (χ1v) is 5.43. The number of benzene rings is 1. The molecular weight excluding hydrogens is 200 g/mol. The van der Waals surface area contributed by atoms with Gasteiger partial charge in [-0.15, -0.1) is 0 Å². The zero-order valence-corrected chi connectivity index (χ0v) is 9.86. The molecule has 16 heavy (non-hydrogen) atoms. The van der Waals surface area contributed by atoms with Crippen LogP contribution in [0.1, 0.15) is 18.1 Å². The standard InChI is InChI=1S/C13H18N2O/c1-11(7-14)8-15-9-12-3-5-13(6-4-12)10-16-2/h3-6,11,15H,8-10H2,1-2H3. The number of methoxy groups -OCH3 is 1. The van der Waals surface area contributed by atoms with Crippen molar-refractivity contribution in [3.63, 3.8) is 0 Å². The van der Waals surface area contributed by atoms with E-state index in [0.717, 1.165) is 13.1 Å². The van der Waals surface area contributed by atoms with Crippen molar-refractivity contribution in [2.45, 2.75) is 20.1 Å². The van der Waals surface area contributed by atoms with Crippen molar-refractivity contribution in [1.82, 2.24) is 5.32 Å². The average molecular weight is 218 g/mol. The average Bonchev–Trinajstić information content (AvgIpc) is 2.31. The Morgan fingerprint density at radius 3 is 2.50 bits per heavy atom. The van der Waals surface area contributed by atoms with E-state index in [1.807, 2.05) is 6.92 Å². The van der Waals surface area contributed by atoms with E-state index in [1.165, 1.54) is 11.1 Å². The number of hydrogen-bond donors (Lipinski definition) is 1. The number of nitrogens with one attached hydrogen (secondary N) is 1. The molecule has 3 nitrogen and oxygen atoms in total. The van der Waals surface area contributed by atoms with Crippen LogP contribution < -0.4 is 5.32 Å². The molecule has 0 saturated carbocycles. The lowest BCUT2D eigenvalue weighted by molar-refractivity contribution is 0.185. The predicted molar refractivity (Wildman–Crippen MR) is 63.6 cm³/mol. The molecule has 3 heteroatoms. The van der Waals surface area contributed by atoms with Gasteiger partial charge in [-0.1, -0.05) is 24.3 Å². The van der Waals surface area contributed by atoms with Crippen LogP contribution in [-0.4, -0.2) is 13.7 Å². The van der Waals surface area contributed by atoms with Gasteiger partial charge in [-0.25, -0.2) is 0 Å². The fourth-order valence-electron chi connectivity index (χ4n) is 1.40. The van der Waals surface area contributed by atoms with Crippen LogP contribution in [0.5, 0.6) is 0 Å². The second-order valence-corrected chi connectivity index (χ2v) is 3.91. The van der Waals surface area contributed by atoms with Gasteiger partial charge in [-0.2, -0.15) is 5.26 Å². The van der Waals surface area contributed by atoms with E-state index >= 15 is 0 Å². The maximum absolute atomic E-state index is 8.62. The van der Waals surface area contributed by atoms with E-state index < -0.39 is 0 Å². The number of rotatable bonds is 6. The summed E-state index contributed by atoms with van der Waals surface area (Å²) in [5.74, 6) is 0.0627. The Morgan fingerprint density at radius 1 is 1.31 bits per heavy atom. The van der Waals surface area contributed by atoms with Crippen LogP contribution in [0.15, 0.2) is 24.3 Å². The van der Waals surface area contributed by atoms with Gasteiger partial charge in [-0.05, 0) is 18.1 Å². The van der Waals surface area contributed by atoms with Crippen molar-refractivity contribution >= 4 is 0 Å². The third-order valence-corrected chi connectivity index (χ3v) is 2.33. The van der Waals surface area contributed by atoms with Gasteiger partial charge in [0, 0.05) is 20.2 Å². The molecule has 0 spiro atoms. The third-order valence-electron chi connectivity index (χ3n) is 2.33.